The summed E-state index contributed by atoms with van der Waals surface area (Å²) in [5.74, 6) is 1.53. The Balaban J connectivity index is 1.61. The number of esters is 1. The van der Waals surface area contributed by atoms with Crippen LogP contribution in [0.3, 0.4) is 0 Å². The Bertz CT molecular complexity index is 1440. The smallest absolute Gasteiger partial charge is 0.410 e. The zero-order valence-corrected chi connectivity index (χ0v) is 24.5. The molecule has 1 aromatic heterocycles. The summed E-state index contributed by atoms with van der Waals surface area (Å²) in [5, 5.41) is 0.699. The minimum Gasteiger partial charge on any atom is -0.497 e. The summed E-state index contributed by atoms with van der Waals surface area (Å²) in [6.07, 6.45) is 2.72. The number of carbonyl (C=O) groups is 2. The van der Waals surface area contributed by atoms with Crippen molar-refractivity contribution in [3.63, 3.8) is 0 Å². The third kappa shape index (κ3) is 5.41. The number of benzene rings is 2. The first-order valence-electron chi connectivity index (χ1n) is 13.2. The monoisotopic (exact) mass is 582 g/mol. The lowest BCUT2D eigenvalue weighted by atomic mass is 9.85. The van der Waals surface area contributed by atoms with Crippen molar-refractivity contribution >= 4 is 23.8 Å². The first kappa shape index (κ1) is 28.6. The molecule has 2 aliphatic heterocycles. The van der Waals surface area contributed by atoms with Gasteiger partial charge in [0.05, 0.1) is 57.4 Å². The Labute approximate surface area is 242 Å². The number of imidazole rings is 1. The maximum absolute atomic E-state index is 13.0. The van der Waals surface area contributed by atoms with Crippen LogP contribution in [0.15, 0.2) is 46.6 Å². The fourth-order valence-corrected chi connectivity index (χ4v) is 6.74. The second kappa shape index (κ2) is 11.9. The van der Waals surface area contributed by atoms with Crippen LogP contribution in [0.25, 0.3) is 0 Å². The maximum atomic E-state index is 13.0. The van der Waals surface area contributed by atoms with Crippen molar-refractivity contribution in [1.82, 2.24) is 14.5 Å². The van der Waals surface area contributed by atoms with Crippen LogP contribution in [0.4, 0.5) is 4.79 Å². The van der Waals surface area contributed by atoms with E-state index in [0.29, 0.717) is 36.0 Å². The molecule has 0 aliphatic carbocycles. The molecule has 1 saturated heterocycles. The van der Waals surface area contributed by atoms with E-state index in [2.05, 4.69) is 4.98 Å². The number of ether oxygens (including phenoxy) is 5. The second-order valence-electron chi connectivity index (χ2n) is 9.96. The van der Waals surface area contributed by atoms with Gasteiger partial charge in [0.15, 0.2) is 0 Å². The van der Waals surface area contributed by atoms with Crippen molar-refractivity contribution < 1.29 is 33.3 Å². The molecule has 2 aliphatic rings. The van der Waals surface area contributed by atoms with Gasteiger partial charge in [0.1, 0.15) is 34.9 Å². The molecule has 0 unspecified atom stereocenters. The number of cyclic esters (lactones) is 1. The number of nitrogens with zero attached hydrogens (tertiary/aromatic N) is 3. The van der Waals surface area contributed by atoms with Crippen molar-refractivity contribution in [1.29, 1.82) is 0 Å². The van der Waals surface area contributed by atoms with Crippen molar-refractivity contribution in [2.45, 2.75) is 47.3 Å². The lowest BCUT2D eigenvalue weighted by Gasteiger charge is -2.39. The SMILES string of the molecule is COC(=O)[C@@H](N)Cc1c(Sc2c(OC)cc(OC)c3c2C[C@H]2COC(=O)N2[C@H]3Cc2ccc(OC)cc2)ncn1C. The van der Waals surface area contributed by atoms with Gasteiger partial charge >= 0.3 is 12.1 Å². The lowest BCUT2D eigenvalue weighted by Crippen LogP contribution is -2.43. The number of carbonyl (C=O) groups excluding carboxylic acids is 2. The molecule has 0 radical (unpaired) electrons. The number of methoxy groups -OCH3 is 4. The average Bonchev–Trinajstić information content (AvgIpc) is 3.54. The van der Waals surface area contributed by atoms with E-state index >= 15 is 0 Å². The summed E-state index contributed by atoms with van der Waals surface area (Å²) in [6.45, 7) is 0.295. The lowest BCUT2D eigenvalue weighted by molar-refractivity contribution is -0.142. The average molecular weight is 583 g/mol. The molecule has 0 saturated carbocycles. The van der Waals surface area contributed by atoms with Crippen LogP contribution in [0.1, 0.15) is 28.4 Å². The highest BCUT2D eigenvalue weighted by atomic mass is 32.2. The number of amides is 1. The van der Waals surface area contributed by atoms with E-state index in [0.717, 1.165) is 33.0 Å². The van der Waals surface area contributed by atoms with E-state index in [1.807, 2.05) is 46.8 Å². The molecule has 3 aromatic rings. The number of hydrogen-bond donors (Lipinski definition) is 1. The van der Waals surface area contributed by atoms with Crippen LogP contribution in [0.5, 0.6) is 17.2 Å². The van der Waals surface area contributed by atoms with E-state index in [4.69, 9.17) is 29.4 Å². The van der Waals surface area contributed by atoms with Crippen LogP contribution >= 0.6 is 11.8 Å². The Kier molecular flexibility index (Phi) is 8.32. The number of rotatable bonds is 10. The molecule has 1 amide bonds. The first-order valence-corrected chi connectivity index (χ1v) is 14.0. The van der Waals surface area contributed by atoms with E-state index in [-0.39, 0.29) is 24.6 Å². The number of hydrogen-bond acceptors (Lipinski definition) is 10. The van der Waals surface area contributed by atoms with Gasteiger partial charge in [-0.3, -0.25) is 9.69 Å². The van der Waals surface area contributed by atoms with Crippen molar-refractivity contribution in [3.05, 3.63) is 59.0 Å². The third-order valence-electron chi connectivity index (χ3n) is 7.63. The molecule has 12 heteroatoms. The zero-order valence-electron chi connectivity index (χ0n) is 23.7. The highest BCUT2D eigenvalue weighted by Crippen LogP contribution is 2.51. The van der Waals surface area contributed by atoms with Crippen LogP contribution in [-0.2, 0) is 40.6 Å². The van der Waals surface area contributed by atoms with Crippen LogP contribution in [0, 0.1) is 0 Å². The van der Waals surface area contributed by atoms with Crippen LogP contribution < -0.4 is 19.9 Å². The Hall–Kier alpha value is -3.90. The molecule has 3 heterocycles. The number of fused-ring (bicyclic) bond motifs is 2. The summed E-state index contributed by atoms with van der Waals surface area (Å²) in [5.41, 5.74) is 9.87. The molecule has 1 fully saturated rings. The molecule has 0 bridgehead atoms. The molecule has 5 rings (SSSR count). The molecule has 41 heavy (non-hydrogen) atoms. The van der Waals surface area contributed by atoms with E-state index in [9.17, 15) is 9.59 Å². The summed E-state index contributed by atoms with van der Waals surface area (Å²) in [6, 6.07) is 8.37. The van der Waals surface area contributed by atoms with Gasteiger partial charge in [0.2, 0.25) is 0 Å². The van der Waals surface area contributed by atoms with Crippen LogP contribution in [-0.4, -0.2) is 73.6 Å². The van der Waals surface area contributed by atoms with Crippen molar-refractivity contribution in [2.24, 2.45) is 12.8 Å². The Morgan fingerprint density at radius 1 is 1.15 bits per heavy atom. The zero-order chi connectivity index (χ0) is 29.3. The number of nitrogens with two attached hydrogens (primary N) is 1. The van der Waals surface area contributed by atoms with Gasteiger partial charge in [0, 0.05) is 25.1 Å². The van der Waals surface area contributed by atoms with Gasteiger partial charge < -0.3 is 34.0 Å². The Morgan fingerprint density at radius 3 is 2.54 bits per heavy atom. The van der Waals surface area contributed by atoms with Gasteiger partial charge in [-0.05, 0) is 36.1 Å². The fraction of sp³-hybridized carbons (Fsp3) is 0.414. The van der Waals surface area contributed by atoms with E-state index in [1.54, 1.807) is 27.7 Å². The predicted octanol–water partition coefficient (Wildman–Crippen LogP) is 3.30. The molecule has 0 spiro atoms. The fourth-order valence-electron chi connectivity index (χ4n) is 5.54. The highest BCUT2D eigenvalue weighted by Gasteiger charge is 2.46. The van der Waals surface area contributed by atoms with Gasteiger partial charge in [-0.15, -0.1) is 0 Å². The molecule has 2 aromatic carbocycles. The van der Waals surface area contributed by atoms with Crippen molar-refractivity contribution in [2.75, 3.05) is 35.0 Å². The molecule has 2 N–H and O–H groups in total. The number of aryl methyl sites for hydroxylation is 1. The second-order valence-corrected chi connectivity index (χ2v) is 11.0. The quantitative estimate of drug-likeness (QED) is 0.356. The van der Waals surface area contributed by atoms with E-state index < -0.39 is 12.0 Å². The van der Waals surface area contributed by atoms with Gasteiger partial charge in [-0.1, -0.05) is 23.9 Å². The summed E-state index contributed by atoms with van der Waals surface area (Å²) in [7, 11) is 8.04. The first-order chi connectivity index (χ1) is 19.8. The molecular weight excluding hydrogens is 548 g/mol. The molecular formula is C29H34N4O7S. The van der Waals surface area contributed by atoms with Crippen molar-refractivity contribution in [3.8, 4) is 17.2 Å². The largest absolute Gasteiger partial charge is 0.497 e. The molecule has 218 valence electrons. The topological polar surface area (TPSA) is 127 Å². The highest BCUT2D eigenvalue weighted by molar-refractivity contribution is 7.99. The summed E-state index contributed by atoms with van der Waals surface area (Å²) < 4.78 is 29.3. The van der Waals surface area contributed by atoms with Gasteiger partial charge in [0.25, 0.3) is 0 Å². The predicted molar refractivity (Wildman–Crippen MR) is 151 cm³/mol. The van der Waals surface area contributed by atoms with Gasteiger partial charge in [-0.25, -0.2) is 9.78 Å². The number of aromatic nitrogens is 2. The summed E-state index contributed by atoms with van der Waals surface area (Å²) in [4.78, 5) is 32.4. The van der Waals surface area contributed by atoms with Crippen LogP contribution in [0.2, 0.25) is 0 Å². The van der Waals surface area contributed by atoms with E-state index in [1.165, 1.54) is 18.9 Å². The standard InChI is InChI=1S/C29H34N4O7S/c1-32-15-31-27(22(32)12-20(30)28(34)39-5)41-26-19-11-17-14-40-29(35)33(17)21(10-16-6-8-18(36-2)9-7-16)25(19)23(37-3)13-24(26)38-4/h6-9,13,15,17,20-21H,10-12,14,30H2,1-5H3/t17-,20-,21-/m0/s1. The maximum Gasteiger partial charge on any atom is 0.410 e. The summed E-state index contributed by atoms with van der Waals surface area (Å²) >= 11 is 1.45. The molecule has 11 nitrogen and oxygen atoms in total. The molecule has 3 atom stereocenters. The normalized spacial score (nSPS) is 18.3. The van der Waals surface area contributed by atoms with Gasteiger partial charge in [-0.2, -0.15) is 0 Å². The Morgan fingerprint density at radius 2 is 1.88 bits per heavy atom. The minimum absolute atomic E-state index is 0.148. The third-order valence-corrected chi connectivity index (χ3v) is 8.81. The minimum atomic E-state index is -0.828.